The van der Waals surface area contributed by atoms with Gasteiger partial charge in [0, 0.05) is 12.1 Å². The third-order valence-corrected chi connectivity index (χ3v) is 3.27. The minimum Gasteiger partial charge on any atom is -0.314 e. The molecule has 0 spiro atoms. The van der Waals surface area contributed by atoms with Crippen LogP contribution in [0.25, 0.3) is 0 Å². The van der Waals surface area contributed by atoms with Crippen LogP contribution in [0, 0.1) is 12.3 Å². The van der Waals surface area contributed by atoms with Gasteiger partial charge in [0.1, 0.15) is 0 Å². The van der Waals surface area contributed by atoms with Gasteiger partial charge in [-0.3, -0.25) is 5.32 Å². The summed E-state index contributed by atoms with van der Waals surface area (Å²) in [6, 6.07) is 1.14. The van der Waals surface area contributed by atoms with Gasteiger partial charge in [-0.15, -0.1) is 6.42 Å². The predicted molar refractivity (Wildman–Crippen MR) is 70.4 cm³/mol. The van der Waals surface area contributed by atoms with Crippen LogP contribution >= 0.6 is 0 Å². The fourth-order valence-electron chi connectivity index (χ4n) is 2.45. The monoisotopic (exact) mass is 222 g/mol. The summed E-state index contributed by atoms with van der Waals surface area (Å²) >= 11 is 0. The third kappa shape index (κ3) is 5.01. The zero-order valence-electron chi connectivity index (χ0n) is 11.0. The van der Waals surface area contributed by atoms with Gasteiger partial charge in [0.05, 0.1) is 5.54 Å². The molecule has 1 aliphatic heterocycles. The molecule has 0 aliphatic carbocycles. The van der Waals surface area contributed by atoms with Crippen LogP contribution in [0.1, 0.15) is 52.9 Å². The lowest BCUT2D eigenvalue weighted by molar-refractivity contribution is 0.355. The molecule has 0 aromatic carbocycles. The fourth-order valence-corrected chi connectivity index (χ4v) is 2.45. The lowest BCUT2D eigenvalue weighted by Gasteiger charge is -2.28. The van der Waals surface area contributed by atoms with Gasteiger partial charge in [0.25, 0.3) is 0 Å². The van der Waals surface area contributed by atoms with Crippen LogP contribution in [0.15, 0.2) is 0 Å². The fraction of sp³-hybridized carbons (Fsp3) is 0.857. The van der Waals surface area contributed by atoms with Crippen LogP contribution in [-0.4, -0.2) is 24.2 Å². The molecule has 0 amide bonds. The molecule has 92 valence electrons. The first-order valence-electron chi connectivity index (χ1n) is 6.52. The minimum absolute atomic E-state index is 0.190. The molecule has 1 saturated heterocycles. The first-order chi connectivity index (χ1) is 7.53. The van der Waals surface area contributed by atoms with Crippen molar-refractivity contribution >= 4 is 0 Å². The van der Waals surface area contributed by atoms with E-state index in [9.17, 15) is 0 Å². The van der Waals surface area contributed by atoms with Gasteiger partial charge in [-0.25, -0.2) is 0 Å². The molecule has 0 aromatic rings. The van der Waals surface area contributed by atoms with E-state index < -0.39 is 0 Å². The van der Waals surface area contributed by atoms with E-state index in [0.717, 1.165) is 0 Å². The van der Waals surface area contributed by atoms with Crippen LogP contribution in [0.2, 0.25) is 0 Å². The molecule has 0 radical (unpaired) electrons. The van der Waals surface area contributed by atoms with Gasteiger partial charge in [-0.1, -0.05) is 18.8 Å². The number of hydrogen-bond donors (Lipinski definition) is 2. The lowest BCUT2D eigenvalue weighted by Crippen LogP contribution is -2.46. The third-order valence-electron chi connectivity index (χ3n) is 3.27. The second-order valence-corrected chi connectivity index (χ2v) is 5.55. The first kappa shape index (κ1) is 13.5. The molecular formula is C14H26N2. The van der Waals surface area contributed by atoms with Crippen molar-refractivity contribution in [2.24, 2.45) is 0 Å². The lowest BCUT2D eigenvalue weighted by atomic mass is 10.00. The largest absolute Gasteiger partial charge is 0.314 e. The van der Waals surface area contributed by atoms with Crippen molar-refractivity contribution in [3.8, 4) is 12.3 Å². The molecule has 1 fully saturated rings. The summed E-state index contributed by atoms with van der Waals surface area (Å²) < 4.78 is 0. The molecule has 1 rings (SSSR count). The summed E-state index contributed by atoms with van der Waals surface area (Å²) in [7, 11) is 0. The van der Waals surface area contributed by atoms with Gasteiger partial charge in [0.2, 0.25) is 0 Å². The van der Waals surface area contributed by atoms with Crippen molar-refractivity contribution < 1.29 is 0 Å². The average Bonchev–Trinajstić information content (AvgIpc) is 2.45. The topological polar surface area (TPSA) is 24.1 Å². The average molecular weight is 222 g/mol. The van der Waals surface area contributed by atoms with Crippen molar-refractivity contribution in [2.75, 3.05) is 6.54 Å². The zero-order chi connectivity index (χ0) is 12.0. The minimum atomic E-state index is -0.190. The maximum atomic E-state index is 5.48. The highest BCUT2D eigenvalue weighted by atomic mass is 15.0. The van der Waals surface area contributed by atoms with Crippen LogP contribution in [0.5, 0.6) is 0 Å². The molecule has 1 heterocycles. The maximum absolute atomic E-state index is 5.48. The van der Waals surface area contributed by atoms with E-state index in [0.29, 0.717) is 12.1 Å². The van der Waals surface area contributed by atoms with Gasteiger partial charge >= 0.3 is 0 Å². The van der Waals surface area contributed by atoms with Gasteiger partial charge in [-0.05, 0) is 46.6 Å². The second-order valence-electron chi connectivity index (χ2n) is 5.55. The normalized spacial score (nSPS) is 24.5. The zero-order valence-corrected chi connectivity index (χ0v) is 11.0. The standard InChI is InChI=1S/C14H26N2/c1-5-14(3,4)16-12(2)11-13-9-7-6-8-10-15-13/h1,12-13,15-16H,6-11H2,2-4H3. The van der Waals surface area contributed by atoms with E-state index in [4.69, 9.17) is 6.42 Å². The van der Waals surface area contributed by atoms with Gasteiger partial charge < -0.3 is 5.32 Å². The SMILES string of the molecule is C#CC(C)(C)NC(C)CC1CCCCCN1. The smallest absolute Gasteiger partial charge is 0.0743 e. The Morgan fingerprint density at radius 2 is 2.19 bits per heavy atom. The van der Waals surface area contributed by atoms with Crippen LogP contribution in [0.3, 0.4) is 0 Å². The number of rotatable bonds is 4. The summed E-state index contributed by atoms with van der Waals surface area (Å²) in [6.07, 6.45) is 12.0. The van der Waals surface area contributed by atoms with Crippen molar-refractivity contribution in [2.45, 2.75) is 70.5 Å². The summed E-state index contributed by atoms with van der Waals surface area (Å²) in [5, 5.41) is 7.12. The summed E-state index contributed by atoms with van der Waals surface area (Å²) in [5.74, 6) is 2.79. The molecule has 1 aliphatic rings. The van der Waals surface area contributed by atoms with Crippen LogP contribution in [-0.2, 0) is 0 Å². The maximum Gasteiger partial charge on any atom is 0.0743 e. The van der Waals surface area contributed by atoms with E-state index >= 15 is 0 Å². The van der Waals surface area contributed by atoms with E-state index in [1.54, 1.807) is 0 Å². The molecule has 0 bridgehead atoms. The van der Waals surface area contributed by atoms with Crippen molar-refractivity contribution in [1.82, 2.24) is 10.6 Å². The van der Waals surface area contributed by atoms with Crippen LogP contribution < -0.4 is 10.6 Å². The van der Waals surface area contributed by atoms with Crippen molar-refractivity contribution in [3.63, 3.8) is 0 Å². The first-order valence-corrected chi connectivity index (χ1v) is 6.52. The van der Waals surface area contributed by atoms with Crippen LogP contribution in [0.4, 0.5) is 0 Å². The molecule has 0 aromatic heterocycles. The van der Waals surface area contributed by atoms with Gasteiger partial charge in [0.15, 0.2) is 0 Å². The van der Waals surface area contributed by atoms with Gasteiger partial charge in [-0.2, -0.15) is 0 Å². The van der Waals surface area contributed by atoms with Crippen molar-refractivity contribution in [1.29, 1.82) is 0 Å². The molecule has 16 heavy (non-hydrogen) atoms. The molecule has 2 nitrogen and oxygen atoms in total. The van der Waals surface area contributed by atoms with E-state index in [2.05, 4.69) is 37.3 Å². The quantitative estimate of drug-likeness (QED) is 0.713. The molecule has 0 saturated carbocycles. The summed E-state index contributed by atoms with van der Waals surface area (Å²) in [4.78, 5) is 0. The number of nitrogens with one attached hydrogen (secondary N) is 2. The molecule has 2 N–H and O–H groups in total. The Labute approximate surface area is 101 Å². The Balaban J connectivity index is 2.32. The second kappa shape index (κ2) is 6.27. The summed E-state index contributed by atoms with van der Waals surface area (Å²) in [5.41, 5.74) is -0.190. The van der Waals surface area contributed by atoms with Crippen molar-refractivity contribution in [3.05, 3.63) is 0 Å². The highest BCUT2D eigenvalue weighted by molar-refractivity contribution is 5.08. The Bertz CT molecular complexity index is 232. The Morgan fingerprint density at radius 1 is 1.44 bits per heavy atom. The number of terminal acetylenes is 1. The Hall–Kier alpha value is -0.520. The number of hydrogen-bond acceptors (Lipinski definition) is 2. The van der Waals surface area contributed by atoms with E-state index in [1.807, 2.05) is 0 Å². The van der Waals surface area contributed by atoms with E-state index in [1.165, 1.54) is 38.6 Å². The highest BCUT2D eigenvalue weighted by Gasteiger charge is 2.20. The highest BCUT2D eigenvalue weighted by Crippen LogP contribution is 2.13. The molecular weight excluding hydrogens is 196 g/mol. The molecule has 2 heteroatoms. The predicted octanol–water partition coefficient (Wildman–Crippen LogP) is 2.30. The Morgan fingerprint density at radius 3 is 2.88 bits per heavy atom. The Kier molecular flexibility index (Phi) is 5.31. The van der Waals surface area contributed by atoms with E-state index in [-0.39, 0.29) is 5.54 Å². The molecule has 2 unspecified atom stereocenters. The summed E-state index contributed by atoms with van der Waals surface area (Å²) in [6.45, 7) is 7.52. The molecule has 2 atom stereocenters.